The minimum absolute atomic E-state index is 0. The van der Waals surface area contributed by atoms with Crippen molar-refractivity contribution in [3.63, 3.8) is 0 Å². The lowest BCUT2D eigenvalue weighted by atomic mass is 9.81. The first-order valence-electron chi connectivity index (χ1n) is 8.53. The van der Waals surface area contributed by atoms with E-state index >= 15 is 0 Å². The van der Waals surface area contributed by atoms with Crippen LogP contribution >= 0.6 is 24.8 Å². The van der Waals surface area contributed by atoms with Gasteiger partial charge in [-0.1, -0.05) is 0 Å². The Morgan fingerprint density at radius 1 is 1.12 bits per heavy atom. The molecule has 1 aromatic rings. The molecule has 6 heteroatoms. The van der Waals surface area contributed by atoms with Gasteiger partial charge in [-0.15, -0.1) is 24.8 Å². The molecule has 0 spiro atoms. The van der Waals surface area contributed by atoms with Crippen LogP contribution in [0.3, 0.4) is 0 Å². The fourth-order valence-electron chi connectivity index (χ4n) is 3.72. The fourth-order valence-corrected chi connectivity index (χ4v) is 3.72. The zero-order chi connectivity index (χ0) is 15.2. The summed E-state index contributed by atoms with van der Waals surface area (Å²) in [6.07, 6.45) is 10.9. The maximum Gasteiger partial charge on any atom is 0.101 e. The van der Waals surface area contributed by atoms with Gasteiger partial charge in [-0.3, -0.25) is 4.98 Å². The number of halogens is 2. The second-order valence-electron chi connectivity index (χ2n) is 6.58. The van der Waals surface area contributed by atoms with E-state index in [9.17, 15) is 5.26 Å². The molecular formula is C18H27Cl2N3O. The zero-order valence-corrected chi connectivity index (χ0v) is 15.6. The molecule has 1 saturated heterocycles. The fraction of sp³-hybridized carbons (Fsp3) is 0.667. The maximum atomic E-state index is 9.21. The van der Waals surface area contributed by atoms with Gasteiger partial charge in [0.25, 0.3) is 0 Å². The summed E-state index contributed by atoms with van der Waals surface area (Å²) in [6, 6.07) is 4.29. The lowest BCUT2D eigenvalue weighted by Crippen LogP contribution is -2.31. The van der Waals surface area contributed by atoms with Crippen LogP contribution in [0, 0.1) is 17.2 Å². The summed E-state index contributed by atoms with van der Waals surface area (Å²) in [5.41, 5.74) is 1.91. The van der Waals surface area contributed by atoms with Gasteiger partial charge in [-0.05, 0) is 75.1 Å². The van der Waals surface area contributed by atoms with Crippen molar-refractivity contribution in [2.45, 2.75) is 50.5 Å². The third-order valence-electron chi connectivity index (χ3n) is 5.12. The van der Waals surface area contributed by atoms with Crippen LogP contribution in [0.25, 0.3) is 0 Å². The molecule has 2 heterocycles. The van der Waals surface area contributed by atoms with Gasteiger partial charge in [-0.2, -0.15) is 5.26 Å². The predicted molar refractivity (Wildman–Crippen MR) is 100.0 cm³/mol. The van der Waals surface area contributed by atoms with E-state index in [0.717, 1.165) is 56.9 Å². The number of nitrogens with zero attached hydrogens (tertiary/aromatic N) is 2. The Morgan fingerprint density at radius 3 is 2.50 bits per heavy atom. The third kappa shape index (κ3) is 5.60. The number of pyridine rings is 1. The van der Waals surface area contributed by atoms with Crippen molar-refractivity contribution in [2.75, 3.05) is 19.7 Å². The van der Waals surface area contributed by atoms with Crippen LogP contribution in [0.4, 0.5) is 0 Å². The lowest BCUT2D eigenvalue weighted by Gasteiger charge is -2.31. The summed E-state index contributed by atoms with van der Waals surface area (Å²) in [7, 11) is 0. The molecule has 0 amide bonds. The van der Waals surface area contributed by atoms with Gasteiger partial charge in [0.1, 0.15) is 6.07 Å². The summed E-state index contributed by atoms with van der Waals surface area (Å²) in [6.45, 7) is 3.20. The van der Waals surface area contributed by atoms with Crippen molar-refractivity contribution in [1.82, 2.24) is 10.3 Å². The van der Waals surface area contributed by atoms with Gasteiger partial charge in [0.2, 0.25) is 0 Å². The summed E-state index contributed by atoms with van der Waals surface area (Å²) in [4.78, 5) is 4.05. The van der Waals surface area contributed by atoms with Gasteiger partial charge < -0.3 is 10.1 Å². The number of nitriles is 1. The monoisotopic (exact) mass is 371 g/mol. The van der Waals surface area contributed by atoms with Gasteiger partial charge in [0.15, 0.2) is 0 Å². The largest absolute Gasteiger partial charge is 0.378 e. The van der Waals surface area contributed by atoms with E-state index < -0.39 is 0 Å². The van der Waals surface area contributed by atoms with Crippen LogP contribution in [0.5, 0.6) is 0 Å². The minimum Gasteiger partial charge on any atom is -0.378 e. The lowest BCUT2D eigenvalue weighted by molar-refractivity contribution is -0.000473. The first-order valence-corrected chi connectivity index (χ1v) is 8.53. The zero-order valence-electron chi connectivity index (χ0n) is 13.9. The van der Waals surface area contributed by atoms with Gasteiger partial charge >= 0.3 is 0 Å². The highest BCUT2D eigenvalue weighted by molar-refractivity contribution is 5.85. The average molecular weight is 372 g/mol. The quantitative estimate of drug-likeness (QED) is 0.873. The summed E-state index contributed by atoms with van der Waals surface area (Å²) < 4.78 is 6.16. The summed E-state index contributed by atoms with van der Waals surface area (Å²) in [5, 5.41) is 12.6. The van der Waals surface area contributed by atoms with Gasteiger partial charge in [0.05, 0.1) is 11.7 Å². The predicted octanol–water partition coefficient (Wildman–Crippen LogP) is 3.84. The van der Waals surface area contributed by atoms with Crippen LogP contribution in [-0.4, -0.2) is 30.8 Å². The molecule has 1 aromatic heterocycles. The molecule has 3 rings (SSSR count). The maximum absolute atomic E-state index is 9.21. The van der Waals surface area contributed by atoms with Gasteiger partial charge in [0, 0.05) is 19.0 Å². The second kappa shape index (κ2) is 10.9. The molecule has 1 aliphatic carbocycles. The first-order chi connectivity index (χ1) is 10.9. The molecule has 0 radical (unpaired) electrons. The van der Waals surface area contributed by atoms with Gasteiger partial charge in [-0.25, -0.2) is 0 Å². The summed E-state index contributed by atoms with van der Waals surface area (Å²) in [5.74, 6) is 1.24. The molecule has 0 unspecified atom stereocenters. The highest BCUT2D eigenvalue weighted by Crippen LogP contribution is 2.35. The smallest absolute Gasteiger partial charge is 0.101 e. The number of aromatic nitrogens is 1. The number of piperidine rings is 1. The van der Waals surface area contributed by atoms with Crippen LogP contribution in [-0.2, 0) is 4.74 Å². The normalized spacial score (nSPS) is 24.3. The number of nitrogens with one attached hydrogen (secondary N) is 1. The molecule has 2 aliphatic rings. The molecule has 2 fully saturated rings. The van der Waals surface area contributed by atoms with Crippen molar-refractivity contribution in [1.29, 1.82) is 5.26 Å². The Hall–Kier alpha value is -0.860. The topological polar surface area (TPSA) is 57.9 Å². The Balaban J connectivity index is 0.00000144. The molecule has 1 aliphatic heterocycles. The van der Waals surface area contributed by atoms with E-state index in [1.807, 2.05) is 6.07 Å². The van der Waals surface area contributed by atoms with Crippen molar-refractivity contribution < 1.29 is 4.74 Å². The summed E-state index contributed by atoms with van der Waals surface area (Å²) >= 11 is 0. The number of rotatable bonds is 4. The van der Waals surface area contributed by atoms with Crippen molar-refractivity contribution in [2.24, 2.45) is 5.92 Å². The van der Waals surface area contributed by atoms with E-state index in [0.29, 0.717) is 12.0 Å². The highest BCUT2D eigenvalue weighted by Gasteiger charge is 2.25. The average Bonchev–Trinajstić information content (AvgIpc) is 2.61. The Bertz CT molecular complexity index is 521. The van der Waals surface area contributed by atoms with Crippen LogP contribution < -0.4 is 5.32 Å². The Kier molecular flexibility index (Phi) is 9.61. The number of hydrogen-bond acceptors (Lipinski definition) is 4. The van der Waals surface area contributed by atoms with Crippen molar-refractivity contribution in [3.05, 3.63) is 29.6 Å². The Morgan fingerprint density at radius 2 is 1.83 bits per heavy atom. The minimum atomic E-state index is 0. The SMILES string of the molecule is Cl.Cl.N#Cc1cnccc1C1CCC(OCC2CCNCC2)CC1. The van der Waals surface area contributed by atoms with Crippen LogP contribution in [0.15, 0.2) is 18.5 Å². The van der Waals surface area contributed by atoms with E-state index in [1.54, 1.807) is 12.4 Å². The number of ether oxygens (including phenoxy) is 1. The standard InChI is InChI=1S/C18H25N3O.2ClH/c19-11-16-12-21-10-7-18(16)15-1-3-17(4-2-15)22-13-14-5-8-20-9-6-14;;/h7,10,12,14-15,17,20H,1-6,8-9,13H2;2*1H. The molecule has 24 heavy (non-hydrogen) atoms. The molecule has 134 valence electrons. The third-order valence-corrected chi connectivity index (χ3v) is 5.12. The molecule has 1 N–H and O–H groups in total. The Labute approximate surface area is 157 Å². The van der Waals surface area contributed by atoms with Crippen molar-refractivity contribution in [3.8, 4) is 6.07 Å². The van der Waals surface area contributed by atoms with Crippen LogP contribution in [0.2, 0.25) is 0 Å². The van der Waals surface area contributed by atoms with Crippen molar-refractivity contribution >= 4 is 24.8 Å². The molecular weight excluding hydrogens is 345 g/mol. The van der Waals surface area contributed by atoms with E-state index in [-0.39, 0.29) is 24.8 Å². The molecule has 0 aromatic carbocycles. The van der Waals surface area contributed by atoms with E-state index in [1.165, 1.54) is 18.4 Å². The molecule has 4 nitrogen and oxygen atoms in total. The number of hydrogen-bond donors (Lipinski definition) is 1. The molecule has 0 atom stereocenters. The first kappa shape index (κ1) is 21.2. The van der Waals surface area contributed by atoms with E-state index in [2.05, 4.69) is 16.4 Å². The highest BCUT2D eigenvalue weighted by atomic mass is 35.5. The molecule has 0 bridgehead atoms. The van der Waals surface area contributed by atoms with Crippen LogP contribution in [0.1, 0.15) is 55.6 Å². The molecule has 1 saturated carbocycles. The van der Waals surface area contributed by atoms with E-state index in [4.69, 9.17) is 4.74 Å². The second-order valence-corrected chi connectivity index (χ2v) is 6.58.